The number of pyridine rings is 1. The smallest absolute Gasteiger partial charge is 0.111 e. The van der Waals surface area contributed by atoms with Crippen molar-refractivity contribution in [3.8, 4) is 12.3 Å². The van der Waals surface area contributed by atoms with Crippen molar-refractivity contribution in [1.29, 1.82) is 0 Å². The molecule has 1 rings (SSSR count). The highest BCUT2D eigenvalue weighted by molar-refractivity contribution is 5.22. The summed E-state index contributed by atoms with van der Waals surface area (Å²) >= 11 is 0. The number of aryl methyl sites for hydroxylation is 1. The molecule has 1 N–H and O–H groups in total. The molecule has 0 saturated carbocycles. The summed E-state index contributed by atoms with van der Waals surface area (Å²) in [5.74, 6) is 2.67. The van der Waals surface area contributed by atoms with Gasteiger partial charge in [0.1, 0.15) is 6.04 Å². The molecule has 68 valence electrons. The van der Waals surface area contributed by atoms with E-state index in [1.165, 1.54) is 5.56 Å². The lowest BCUT2D eigenvalue weighted by atomic mass is 10.1. The SMILES string of the molecule is C#CC(NCC)c1cc(C)ccn1. The third-order valence-corrected chi connectivity index (χ3v) is 1.81. The Morgan fingerprint density at radius 3 is 3.00 bits per heavy atom. The van der Waals surface area contributed by atoms with Gasteiger partial charge in [0.25, 0.3) is 0 Å². The van der Waals surface area contributed by atoms with E-state index >= 15 is 0 Å². The van der Waals surface area contributed by atoms with Crippen LogP contribution in [0.1, 0.15) is 24.2 Å². The Morgan fingerprint density at radius 2 is 2.46 bits per heavy atom. The van der Waals surface area contributed by atoms with Crippen LogP contribution in [0.3, 0.4) is 0 Å². The molecule has 1 heterocycles. The summed E-state index contributed by atoms with van der Waals surface area (Å²) in [5, 5.41) is 3.18. The van der Waals surface area contributed by atoms with Crippen molar-refractivity contribution >= 4 is 0 Å². The molecular weight excluding hydrogens is 160 g/mol. The second-order valence-electron chi connectivity index (χ2n) is 2.92. The third kappa shape index (κ3) is 2.57. The molecule has 1 aromatic heterocycles. The molecule has 1 unspecified atom stereocenters. The number of nitrogens with zero attached hydrogens (tertiary/aromatic N) is 1. The lowest BCUT2D eigenvalue weighted by Gasteiger charge is -2.10. The molecule has 0 saturated heterocycles. The second kappa shape index (κ2) is 4.64. The van der Waals surface area contributed by atoms with Crippen LogP contribution in [-0.4, -0.2) is 11.5 Å². The predicted molar refractivity (Wildman–Crippen MR) is 54.2 cm³/mol. The molecule has 0 aliphatic heterocycles. The second-order valence-corrected chi connectivity index (χ2v) is 2.92. The highest BCUT2D eigenvalue weighted by atomic mass is 14.9. The molecule has 13 heavy (non-hydrogen) atoms. The van der Waals surface area contributed by atoms with E-state index in [1.807, 2.05) is 26.0 Å². The van der Waals surface area contributed by atoms with Crippen LogP contribution in [-0.2, 0) is 0 Å². The number of aromatic nitrogens is 1. The first-order chi connectivity index (χ1) is 6.27. The number of rotatable bonds is 3. The zero-order valence-electron chi connectivity index (χ0n) is 8.04. The lowest BCUT2D eigenvalue weighted by Crippen LogP contribution is -2.20. The summed E-state index contributed by atoms with van der Waals surface area (Å²) in [6.07, 6.45) is 7.17. The minimum absolute atomic E-state index is 0.0649. The van der Waals surface area contributed by atoms with E-state index in [9.17, 15) is 0 Å². The summed E-state index contributed by atoms with van der Waals surface area (Å²) in [5.41, 5.74) is 2.10. The van der Waals surface area contributed by atoms with Gasteiger partial charge in [-0.2, -0.15) is 0 Å². The average Bonchev–Trinajstić information content (AvgIpc) is 2.14. The van der Waals surface area contributed by atoms with Gasteiger partial charge in [-0.25, -0.2) is 0 Å². The van der Waals surface area contributed by atoms with Crippen molar-refractivity contribution in [3.63, 3.8) is 0 Å². The molecule has 1 aromatic rings. The highest BCUT2D eigenvalue weighted by Crippen LogP contribution is 2.09. The van der Waals surface area contributed by atoms with Crippen LogP contribution >= 0.6 is 0 Å². The van der Waals surface area contributed by atoms with Crippen LogP contribution < -0.4 is 5.32 Å². The molecule has 0 amide bonds. The molecule has 0 bridgehead atoms. The van der Waals surface area contributed by atoms with E-state index in [2.05, 4.69) is 16.2 Å². The van der Waals surface area contributed by atoms with Crippen LogP contribution in [0.4, 0.5) is 0 Å². The molecule has 0 aliphatic rings. The Morgan fingerprint density at radius 1 is 1.69 bits per heavy atom. The van der Waals surface area contributed by atoms with Gasteiger partial charge in [-0.1, -0.05) is 12.8 Å². The van der Waals surface area contributed by atoms with Crippen LogP contribution in [0.5, 0.6) is 0 Å². The quantitative estimate of drug-likeness (QED) is 0.705. The fourth-order valence-electron chi connectivity index (χ4n) is 1.17. The van der Waals surface area contributed by atoms with Gasteiger partial charge in [-0.15, -0.1) is 6.42 Å². The fourth-order valence-corrected chi connectivity index (χ4v) is 1.17. The Balaban J connectivity index is 2.86. The van der Waals surface area contributed by atoms with Crippen molar-refractivity contribution in [3.05, 3.63) is 29.6 Å². The Bertz CT molecular complexity index is 312. The Hall–Kier alpha value is -1.33. The van der Waals surface area contributed by atoms with E-state index in [0.29, 0.717) is 0 Å². The van der Waals surface area contributed by atoms with Gasteiger partial charge in [0.05, 0.1) is 5.69 Å². The Labute approximate surface area is 79.4 Å². The van der Waals surface area contributed by atoms with Crippen LogP contribution in [0.25, 0.3) is 0 Å². The standard InChI is InChI=1S/C11H14N2/c1-4-10(12-5-2)11-8-9(3)6-7-13-11/h1,6-8,10,12H,5H2,2-3H3. The van der Waals surface area contributed by atoms with Crippen LogP contribution in [0.2, 0.25) is 0 Å². The minimum Gasteiger partial charge on any atom is -0.299 e. The molecule has 1 atom stereocenters. The van der Waals surface area contributed by atoms with Gasteiger partial charge in [-0.3, -0.25) is 10.3 Å². The maximum absolute atomic E-state index is 5.39. The van der Waals surface area contributed by atoms with E-state index < -0.39 is 0 Å². The van der Waals surface area contributed by atoms with Crippen molar-refractivity contribution in [2.75, 3.05) is 6.54 Å². The molecular formula is C11H14N2. The third-order valence-electron chi connectivity index (χ3n) is 1.81. The predicted octanol–water partition coefficient (Wildman–Crippen LogP) is 1.67. The molecule has 0 spiro atoms. The lowest BCUT2D eigenvalue weighted by molar-refractivity contribution is 0.648. The average molecular weight is 174 g/mol. The molecule has 2 nitrogen and oxygen atoms in total. The van der Waals surface area contributed by atoms with Gasteiger partial charge < -0.3 is 0 Å². The van der Waals surface area contributed by atoms with Gasteiger partial charge >= 0.3 is 0 Å². The van der Waals surface area contributed by atoms with Crippen molar-refractivity contribution < 1.29 is 0 Å². The van der Waals surface area contributed by atoms with Crippen LogP contribution in [0, 0.1) is 19.3 Å². The molecule has 0 aliphatic carbocycles. The monoisotopic (exact) mass is 174 g/mol. The summed E-state index contributed by atoms with van der Waals surface area (Å²) in [6, 6.07) is 3.90. The summed E-state index contributed by atoms with van der Waals surface area (Å²) in [4.78, 5) is 4.22. The van der Waals surface area contributed by atoms with E-state index in [1.54, 1.807) is 6.20 Å². The number of nitrogens with one attached hydrogen (secondary N) is 1. The van der Waals surface area contributed by atoms with Gasteiger partial charge in [0, 0.05) is 6.20 Å². The van der Waals surface area contributed by atoms with Gasteiger partial charge in [0.15, 0.2) is 0 Å². The van der Waals surface area contributed by atoms with E-state index in [-0.39, 0.29) is 6.04 Å². The highest BCUT2D eigenvalue weighted by Gasteiger charge is 2.06. The van der Waals surface area contributed by atoms with Crippen molar-refractivity contribution in [2.24, 2.45) is 0 Å². The molecule has 0 aromatic carbocycles. The summed E-state index contributed by atoms with van der Waals surface area (Å²) in [7, 11) is 0. The zero-order chi connectivity index (χ0) is 9.68. The number of hydrogen-bond acceptors (Lipinski definition) is 2. The first kappa shape index (κ1) is 9.76. The minimum atomic E-state index is -0.0649. The number of hydrogen-bond donors (Lipinski definition) is 1. The van der Waals surface area contributed by atoms with Crippen molar-refractivity contribution in [2.45, 2.75) is 19.9 Å². The first-order valence-corrected chi connectivity index (χ1v) is 4.40. The largest absolute Gasteiger partial charge is 0.299 e. The topological polar surface area (TPSA) is 24.9 Å². The van der Waals surface area contributed by atoms with E-state index in [4.69, 9.17) is 6.42 Å². The molecule has 0 fully saturated rings. The Kier molecular flexibility index (Phi) is 3.48. The fraction of sp³-hybridized carbons (Fsp3) is 0.364. The first-order valence-electron chi connectivity index (χ1n) is 4.40. The van der Waals surface area contributed by atoms with E-state index in [0.717, 1.165) is 12.2 Å². The van der Waals surface area contributed by atoms with Gasteiger partial charge in [0.2, 0.25) is 0 Å². The van der Waals surface area contributed by atoms with Crippen LogP contribution in [0.15, 0.2) is 18.3 Å². The maximum atomic E-state index is 5.39. The van der Waals surface area contributed by atoms with Crippen molar-refractivity contribution in [1.82, 2.24) is 10.3 Å². The molecule has 2 heteroatoms. The summed E-state index contributed by atoms with van der Waals surface area (Å²) in [6.45, 7) is 4.91. The summed E-state index contributed by atoms with van der Waals surface area (Å²) < 4.78 is 0. The maximum Gasteiger partial charge on any atom is 0.111 e. The molecule has 0 radical (unpaired) electrons. The zero-order valence-corrected chi connectivity index (χ0v) is 8.04. The normalized spacial score (nSPS) is 12.1. The van der Waals surface area contributed by atoms with Gasteiger partial charge in [-0.05, 0) is 31.2 Å². The number of terminal acetylenes is 1.